The number of rotatable bonds is 3. The van der Waals surface area contributed by atoms with Crippen molar-refractivity contribution in [2.45, 2.75) is 45.2 Å². The van der Waals surface area contributed by atoms with E-state index in [-0.39, 0.29) is 65.3 Å². The SMILES string of the molecule is CC(=O)c1nccc2[nH]c(-c3cc(C(F)(F)F)c(C)nc3N3CCCC(F)(F)CC3)cc(=O)c12. The molecule has 3 aromatic heterocycles. The van der Waals surface area contributed by atoms with Gasteiger partial charge in [-0.15, -0.1) is 0 Å². The number of aryl methyl sites for hydroxylation is 1. The first-order valence-corrected chi connectivity index (χ1v) is 10.6. The van der Waals surface area contributed by atoms with E-state index in [2.05, 4.69) is 15.0 Å². The third-order valence-electron chi connectivity index (χ3n) is 5.88. The number of hydrogen-bond acceptors (Lipinski definition) is 5. The van der Waals surface area contributed by atoms with Gasteiger partial charge in [-0.3, -0.25) is 14.6 Å². The molecule has 180 valence electrons. The Morgan fingerprint density at radius 1 is 1.18 bits per heavy atom. The van der Waals surface area contributed by atoms with Gasteiger partial charge in [0.25, 0.3) is 0 Å². The number of fused-ring (bicyclic) bond motifs is 1. The third-order valence-corrected chi connectivity index (χ3v) is 5.88. The maximum absolute atomic E-state index is 13.9. The number of carbonyl (C=O) groups excluding carboxylic acids is 1. The molecule has 0 aromatic carbocycles. The zero-order valence-corrected chi connectivity index (χ0v) is 18.4. The molecule has 4 heterocycles. The van der Waals surface area contributed by atoms with E-state index in [1.54, 1.807) is 0 Å². The Morgan fingerprint density at radius 2 is 1.91 bits per heavy atom. The summed E-state index contributed by atoms with van der Waals surface area (Å²) in [4.78, 5) is 37.3. The van der Waals surface area contributed by atoms with Gasteiger partial charge < -0.3 is 9.88 Å². The van der Waals surface area contributed by atoms with Crippen LogP contribution < -0.4 is 10.3 Å². The number of carbonyl (C=O) groups is 1. The fourth-order valence-electron chi connectivity index (χ4n) is 4.21. The first-order valence-electron chi connectivity index (χ1n) is 10.6. The summed E-state index contributed by atoms with van der Waals surface area (Å²) < 4.78 is 68.9. The van der Waals surface area contributed by atoms with Gasteiger partial charge in [0.2, 0.25) is 5.92 Å². The number of alkyl halides is 5. The standard InChI is InChI=1S/C23H21F5N4O2/c1-12-15(23(26,27)28)10-14(21(30-12)32-8-3-5-22(24,25)6-9-32)17-11-18(34)19-16(31-17)4-7-29-20(19)13(2)33/h4,7,10-11H,3,5-6,8-9H2,1-2H3,(H,31,34). The molecule has 0 saturated carbocycles. The summed E-state index contributed by atoms with van der Waals surface area (Å²) in [6.45, 7) is 2.53. The molecule has 6 nitrogen and oxygen atoms in total. The number of anilines is 1. The van der Waals surface area contributed by atoms with Crippen molar-refractivity contribution in [3.63, 3.8) is 0 Å². The van der Waals surface area contributed by atoms with Gasteiger partial charge in [-0.25, -0.2) is 13.8 Å². The van der Waals surface area contributed by atoms with Crippen molar-refractivity contribution in [3.05, 3.63) is 51.6 Å². The largest absolute Gasteiger partial charge is 0.418 e. The number of pyridine rings is 3. The molecule has 0 unspecified atom stereocenters. The van der Waals surface area contributed by atoms with Crippen LogP contribution in [0.1, 0.15) is 47.9 Å². The Bertz CT molecular complexity index is 1330. The van der Waals surface area contributed by atoms with E-state index in [0.29, 0.717) is 0 Å². The minimum Gasteiger partial charge on any atom is -0.356 e. The van der Waals surface area contributed by atoms with Crippen LogP contribution in [0.4, 0.5) is 27.8 Å². The van der Waals surface area contributed by atoms with Crippen LogP contribution in [-0.2, 0) is 6.18 Å². The second kappa shape index (κ2) is 8.44. The Hall–Kier alpha value is -3.37. The van der Waals surface area contributed by atoms with Gasteiger partial charge in [0, 0.05) is 50.7 Å². The summed E-state index contributed by atoms with van der Waals surface area (Å²) in [6, 6.07) is 3.40. The first kappa shape index (κ1) is 23.8. The van der Waals surface area contributed by atoms with Crippen molar-refractivity contribution < 1.29 is 26.7 Å². The third kappa shape index (κ3) is 4.51. The lowest BCUT2D eigenvalue weighted by Gasteiger charge is -2.26. The molecular formula is C23H21F5N4O2. The van der Waals surface area contributed by atoms with Crippen molar-refractivity contribution in [1.82, 2.24) is 15.0 Å². The van der Waals surface area contributed by atoms with Gasteiger partial charge in [-0.1, -0.05) is 0 Å². The van der Waals surface area contributed by atoms with Crippen LogP contribution in [-0.4, -0.2) is 39.7 Å². The monoisotopic (exact) mass is 480 g/mol. The second-order valence-electron chi connectivity index (χ2n) is 8.37. The van der Waals surface area contributed by atoms with E-state index in [1.807, 2.05) is 0 Å². The highest BCUT2D eigenvalue weighted by molar-refractivity contribution is 6.04. The Balaban J connectivity index is 1.95. The average Bonchev–Trinajstić information content (AvgIpc) is 2.92. The van der Waals surface area contributed by atoms with E-state index in [1.165, 1.54) is 31.0 Å². The molecule has 0 bridgehead atoms. The van der Waals surface area contributed by atoms with E-state index in [0.717, 1.165) is 12.1 Å². The predicted molar refractivity (Wildman–Crippen MR) is 116 cm³/mol. The predicted octanol–water partition coefficient (Wildman–Crippen LogP) is 5.14. The molecule has 0 amide bonds. The summed E-state index contributed by atoms with van der Waals surface area (Å²) in [5, 5.41) is 0.0193. The number of ketones is 1. The topological polar surface area (TPSA) is 79.0 Å². The normalized spacial score (nSPS) is 16.5. The van der Waals surface area contributed by atoms with Crippen molar-refractivity contribution in [2.24, 2.45) is 0 Å². The number of nitrogens with one attached hydrogen (secondary N) is 1. The van der Waals surface area contributed by atoms with Gasteiger partial charge >= 0.3 is 6.18 Å². The lowest BCUT2D eigenvalue weighted by atomic mass is 10.0. The molecule has 1 aliphatic rings. The highest BCUT2D eigenvalue weighted by Gasteiger charge is 2.36. The van der Waals surface area contributed by atoms with Crippen molar-refractivity contribution in [2.75, 3.05) is 18.0 Å². The lowest BCUT2D eigenvalue weighted by Crippen LogP contribution is -2.28. The fraction of sp³-hybridized carbons (Fsp3) is 0.391. The molecule has 0 atom stereocenters. The van der Waals surface area contributed by atoms with Gasteiger partial charge in [0.05, 0.1) is 27.9 Å². The highest BCUT2D eigenvalue weighted by atomic mass is 19.4. The molecule has 4 rings (SSSR count). The molecule has 0 aliphatic carbocycles. The molecule has 0 radical (unpaired) electrons. The second-order valence-corrected chi connectivity index (χ2v) is 8.37. The van der Waals surface area contributed by atoms with Gasteiger partial charge in [0.1, 0.15) is 11.5 Å². The van der Waals surface area contributed by atoms with Crippen LogP contribution in [0, 0.1) is 6.92 Å². The average molecular weight is 480 g/mol. The number of hydrogen-bond donors (Lipinski definition) is 1. The lowest BCUT2D eigenvalue weighted by molar-refractivity contribution is -0.138. The number of halogens is 5. The number of nitrogens with zero attached hydrogens (tertiary/aromatic N) is 3. The van der Waals surface area contributed by atoms with Crippen molar-refractivity contribution >= 4 is 22.5 Å². The van der Waals surface area contributed by atoms with Gasteiger partial charge in [-0.2, -0.15) is 13.2 Å². The van der Waals surface area contributed by atoms with Crippen LogP contribution >= 0.6 is 0 Å². The van der Waals surface area contributed by atoms with E-state index in [4.69, 9.17) is 0 Å². The summed E-state index contributed by atoms with van der Waals surface area (Å²) in [6.07, 6.45) is -4.05. The molecule has 3 aromatic rings. The van der Waals surface area contributed by atoms with E-state index < -0.39 is 35.3 Å². The summed E-state index contributed by atoms with van der Waals surface area (Å²) in [5.74, 6) is -3.23. The van der Waals surface area contributed by atoms with Crippen molar-refractivity contribution in [1.29, 1.82) is 0 Å². The Kier molecular flexibility index (Phi) is 5.91. The van der Waals surface area contributed by atoms with E-state index in [9.17, 15) is 31.5 Å². The quantitative estimate of drug-likeness (QED) is 0.415. The van der Waals surface area contributed by atoms with Gasteiger partial charge in [-0.05, 0) is 25.5 Å². The minimum atomic E-state index is -4.71. The Labute approximate surface area is 190 Å². The minimum absolute atomic E-state index is 0.0193. The summed E-state index contributed by atoms with van der Waals surface area (Å²) >= 11 is 0. The molecule has 1 fully saturated rings. The zero-order valence-electron chi connectivity index (χ0n) is 18.4. The molecule has 0 spiro atoms. The van der Waals surface area contributed by atoms with Crippen LogP contribution in [0.25, 0.3) is 22.2 Å². The molecule has 34 heavy (non-hydrogen) atoms. The molecular weight excluding hydrogens is 459 g/mol. The Morgan fingerprint density at radius 3 is 2.59 bits per heavy atom. The van der Waals surface area contributed by atoms with Crippen LogP contribution in [0.3, 0.4) is 0 Å². The fourth-order valence-corrected chi connectivity index (χ4v) is 4.21. The number of Topliss-reactive ketones (excluding diaryl/α,β-unsaturated/α-hetero) is 1. The zero-order chi connectivity index (χ0) is 24.8. The smallest absolute Gasteiger partial charge is 0.356 e. The van der Waals surface area contributed by atoms with E-state index >= 15 is 0 Å². The van der Waals surface area contributed by atoms with Crippen LogP contribution in [0.2, 0.25) is 0 Å². The molecule has 1 saturated heterocycles. The van der Waals surface area contributed by atoms with Crippen molar-refractivity contribution in [3.8, 4) is 11.3 Å². The summed E-state index contributed by atoms with van der Waals surface area (Å²) in [5.41, 5.74) is -1.75. The number of H-pyrrole nitrogens is 1. The first-order chi connectivity index (χ1) is 15.9. The maximum Gasteiger partial charge on any atom is 0.418 e. The molecule has 1 aliphatic heterocycles. The van der Waals surface area contributed by atoms with Crippen LogP contribution in [0.15, 0.2) is 29.2 Å². The summed E-state index contributed by atoms with van der Waals surface area (Å²) in [7, 11) is 0. The molecule has 11 heteroatoms. The molecule has 1 N–H and O–H groups in total. The number of aromatic nitrogens is 3. The van der Waals surface area contributed by atoms with Crippen LogP contribution in [0.5, 0.6) is 0 Å². The van der Waals surface area contributed by atoms with Gasteiger partial charge in [0.15, 0.2) is 11.2 Å². The highest BCUT2D eigenvalue weighted by Crippen LogP contribution is 2.39. The maximum atomic E-state index is 13.9. The number of aromatic amines is 1.